The van der Waals surface area contributed by atoms with Crippen molar-refractivity contribution in [3.63, 3.8) is 0 Å². The Balaban J connectivity index is 1.75. The van der Waals surface area contributed by atoms with Gasteiger partial charge in [0.15, 0.2) is 5.13 Å². The quantitative estimate of drug-likeness (QED) is 0.697. The maximum atomic E-state index is 12.5. The Labute approximate surface area is 151 Å². The minimum atomic E-state index is -0.131. The Hall–Kier alpha value is -2.66. The number of carbonyl (C=O) groups excluding carboxylic acids is 1. The number of anilines is 1. The van der Waals surface area contributed by atoms with Gasteiger partial charge in [-0.3, -0.25) is 10.1 Å². The highest BCUT2D eigenvalue weighted by atomic mass is 32.1. The number of ether oxygens (including phenoxy) is 1. The molecule has 0 bridgehead atoms. The first-order chi connectivity index (χ1) is 12.1. The van der Waals surface area contributed by atoms with Crippen LogP contribution in [0.25, 0.3) is 11.3 Å². The molecule has 0 fully saturated rings. The van der Waals surface area contributed by atoms with Crippen LogP contribution >= 0.6 is 11.3 Å². The molecule has 2 aromatic carbocycles. The standard InChI is InChI=1S/C20H20N2O2S/c1-4-24-16-9-7-15(8-10-16)18-12-25-20(21-18)22-19(23)17-11-13(2)5-6-14(17)3/h5-12H,4H2,1-3H3,(H,21,22,23). The lowest BCUT2D eigenvalue weighted by Crippen LogP contribution is -2.13. The lowest BCUT2D eigenvalue weighted by Gasteiger charge is -2.06. The van der Waals surface area contributed by atoms with E-state index in [2.05, 4.69) is 10.3 Å². The Morgan fingerprint density at radius 2 is 1.92 bits per heavy atom. The summed E-state index contributed by atoms with van der Waals surface area (Å²) >= 11 is 1.42. The van der Waals surface area contributed by atoms with Crippen LogP contribution in [0.4, 0.5) is 5.13 Å². The van der Waals surface area contributed by atoms with Gasteiger partial charge in [-0.1, -0.05) is 17.7 Å². The van der Waals surface area contributed by atoms with E-state index >= 15 is 0 Å². The second kappa shape index (κ2) is 7.49. The predicted octanol–water partition coefficient (Wildman–Crippen LogP) is 5.08. The number of aryl methyl sites for hydroxylation is 2. The smallest absolute Gasteiger partial charge is 0.257 e. The normalized spacial score (nSPS) is 10.5. The number of hydrogen-bond acceptors (Lipinski definition) is 4. The van der Waals surface area contributed by atoms with Crippen molar-refractivity contribution in [1.29, 1.82) is 0 Å². The molecule has 0 unspecified atom stereocenters. The predicted molar refractivity (Wildman–Crippen MR) is 103 cm³/mol. The molecule has 4 nitrogen and oxygen atoms in total. The van der Waals surface area contributed by atoms with Crippen molar-refractivity contribution in [2.45, 2.75) is 20.8 Å². The first-order valence-corrected chi connectivity index (χ1v) is 9.02. The molecule has 128 valence electrons. The summed E-state index contributed by atoms with van der Waals surface area (Å²) in [5, 5.41) is 5.42. The van der Waals surface area contributed by atoms with Crippen LogP contribution in [-0.4, -0.2) is 17.5 Å². The zero-order valence-corrected chi connectivity index (χ0v) is 15.3. The van der Waals surface area contributed by atoms with Crippen molar-refractivity contribution in [3.8, 4) is 17.0 Å². The van der Waals surface area contributed by atoms with Crippen molar-refractivity contribution >= 4 is 22.4 Å². The molecule has 0 saturated heterocycles. The molecule has 0 radical (unpaired) electrons. The number of nitrogens with zero attached hydrogens (tertiary/aromatic N) is 1. The minimum Gasteiger partial charge on any atom is -0.494 e. The second-order valence-electron chi connectivity index (χ2n) is 5.77. The third-order valence-electron chi connectivity index (χ3n) is 3.82. The maximum absolute atomic E-state index is 12.5. The van der Waals surface area contributed by atoms with Crippen molar-refractivity contribution in [1.82, 2.24) is 4.98 Å². The molecule has 0 atom stereocenters. The fourth-order valence-corrected chi connectivity index (χ4v) is 3.21. The Kier molecular flexibility index (Phi) is 5.14. The third-order valence-corrected chi connectivity index (χ3v) is 4.58. The summed E-state index contributed by atoms with van der Waals surface area (Å²) in [5.74, 6) is 0.707. The zero-order chi connectivity index (χ0) is 17.8. The molecule has 0 aliphatic rings. The summed E-state index contributed by atoms with van der Waals surface area (Å²) in [4.78, 5) is 17.0. The molecule has 0 aliphatic heterocycles. The number of benzene rings is 2. The van der Waals surface area contributed by atoms with Crippen LogP contribution in [0.5, 0.6) is 5.75 Å². The van der Waals surface area contributed by atoms with E-state index in [1.165, 1.54) is 11.3 Å². The first kappa shape index (κ1) is 17.2. The molecule has 1 heterocycles. The van der Waals surface area contributed by atoms with E-state index in [9.17, 15) is 4.79 Å². The molecule has 0 spiro atoms. The van der Waals surface area contributed by atoms with E-state index in [1.54, 1.807) is 0 Å². The fraction of sp³-hybridized carbons (Fsp3) is 0.200. The van der Waals surface area contributed by atoms with Crippen molar-refractivity contribution < 1.29 is 9.53 Å². The van der Waals surface area contributed by atoms with Crippen molar-refractivity contribution in [2.75, 3.05) is 11.9 Å². The van der Waals surface area contributed by atoms with Crippen LogP contribution in [0, 0.1) is 13.8 Å². The lowest BCUT2D eigenvalue weighted by atomic mass is 10.1. The van der Waals surface area contributed by atoms with Gasteiger partial charge in [0.25, 0.3) is 5.91 Å². The van der Waals surface area contributed by atoms with Gasteiger partial charge in [-0.2, -0.15) is 0 Å². The van der Waals surface area contributed by atoms with E-state index in [0.717, 1.165) is 28.1 Å². The average Bonchev–Trinajstić information content (AvgIpc) is 3.06. The number of thiazole rings is 1. The number of nitrogens with one attached hydrogen (secondary N) is 1. The average molecular weight is 352 g/mol. The van der Waals surface area contributed by atoms with Gasteiger partial charge in [-0.15, -0.1) is 11.3 Å². The fourth-order valence-electron chi connectivity index (χ4n) is 2.50. The molecule has 1 N–H and O–H groups in total. The highest BCUT2D eigenvalue weighted by molar-refractivity contribution is 7.14. The number of rotatable bonds is 5. The Bertz CT molecular complexity index is 885. The van der Waals surface area contributed by atoms with E-state index in [1.807, 2.05) is 68.6 Å². The number of hydrogen-bond donors (Lipinski definition) is 1. The summed E-state index contributed by atoms with van der Waals surface area (Å²) in [6, 6.07) is 13.6. The van der Waals surface area contributed by atoms with Crippen LogP contribution in [0.1, 0.15) is 28.4 Å². The molecular formula is C20H20N2O2S. The van der Waals surface area contributed by atoms with Crippen LogP contribution in [0.3, 0.4) is 0 Å². The van der Waals surface area contributed by atoms with Crippen LogP contribution in [0.2, 0.25) is 0 Å². The molecule has 1 aromatic heterocycles. The molecule has 5 heteroatoms. The molecule has 0 saturated carbocycles. The number of carbonyl (C=O) groups is 1. The van der Waals surface area contributed by atoms with Crippen molar-refractivity contribution in [2.24, 2.45) is 0 Å². The van der Waals surface area contributed by atoms with Crippen LogP contribution in [0.15, 0.2) is 47.8 Å². The topological polar surface area (TPSA) is 51.2 Å². The summed E-state index contributed by atoms with van der Waals surface area (Å²) in [6.07, 6.45) is 0. The van der Waals surface area contributed by atoms with Gasteiger partial charge in [-0.05, 0) is 56.7 Å². The maximum Gasteiger partial charge on any atom is 0.257 e. The van der Waals surface area contributed by atoms with E-state index in [0.29, 0.717) is 17.3 Å². The summed E-state index contributed by atoms with van der Waals surface area (Å²) in [5.41, 5.74) is 4.52. The van der Waals surface area contributed by atoms with E-state index in [-0.39, 0.29) is 5.91 Å². The van der Waals surface area contributed by atoms with Gasteiger partial charge in [0, 0.05) is 16.5 Å². The molecule has 3 aromatic rings. The monoisotopic (exact) mass is 352 g/mol. The molecule has 25 heavy (non-hydrogen) atoms. The van der Waals surface area contributed by atoms with Gasteiger partial charge >= 0.3 is 0 Å². The highest BCUT2D eigenvalue weighted by Crippen LogP contribution is 2.27. The highest BCUT2D eigenvalue weighted by Gasteiger charge is 2.12. The Morgan fingerprint density at radius 1 is 1.16 bits per heavy atom. The molecule has 0 aliphatic carbocycles. The zero-order valence-electron chi connectivity index (χ0n) is 14.5. The number of amides is 1. The largest absolute Gasteiger partial charge is 0.494 e. The summed E-state index contributed by atoms with van der Waals surface area (Å²) < 4.78 is 5.45. The minimum absolute atomic E-state index is 0.131. The van der Waals surface area contributed by atoms with Gasteiger partial charge in [0.1, 0.15) is 5.75 Å². The van der Waals surface area contributed by atoms with Crippen LogP contribution < -0.4 is 10.1 Å². The first-order valence-electron chi connectivity index (χ1n) is 8.14. The Morgan fingerprint density at radius 3 is 2.64 bits per heavy atom. The SMILES string of the molecule is CCOc1ccc(-c2csc(NC(=O)c3cc(C)ccc3C)n2)cc1. The number of aromatic nitrogens is 1. The lowest BCUT2D eigenvalue weighted by molar-refractivity contribution is 0.102. The molecular weight excluding hydrogens is 332 g/mol. The molecule has 1 amide bonds. The van der Waals surface area contributed by atoms with E-state index in [4.69, 9.17) is 4.74 Å². The van der Waals surface area contributed by atoms with E-state index < -0.39 is 0 Å². The van der Waals surface area contributed by atoms with Gasteiger partial charge in [-0.25, -0.2) is 4.98 Å². The summed E-state index contributed by atoms with van der Waals surface area (Å²) in [6.45, 7) is 6.51. The van der Waals surface area contributed by atoms with Gasteiger partial charge in [0.05, 0.1) is 12.3 Å². The van der Waals surface area contributed by atoms with Gasteiger partial charge in [0.2, 0.25) is 0 Å². The molecule has 3 rings (SSSR count). The van der Waals surface area contributed by atoms with Gasteiger partial charge < -0.3 is 4.74 Å². The van der Waals surface area contributed by atoms with Crippen LogP contribution in [-0.2, 0) is 0 Å². The second-order valence-corrected chi connectivity index (χ2v) is 6.63. The third kappa shape index (κ3) is 4.06. The summed E-state index contributed by atoms with van der Waals surface area (Å²) in [7, 11) is 0. The van der Waals surface area contributed by atoms with Crippen molar-refractivity contribution in [3.05, 3.63) is 64.5 Å².